The van der Waals surface area contributed by atoms with E-state index in [-0.39, 0.29) is 48.6 Å². The number of esters is 3. The van der Waals surface area contributed by atoms with E-state index in [9.17, 15) is 29.1 Å². The molecule has 0 aliphatic carbocycles. The number of allylic oxidation sites excluding steroid dienone is 10. The molecule has 0 fully saturated rings. The summed E-state index contributed by atoms with van der Waals surface area (Å²) in [6.45, 7) is 4.73. The van der Waals surface area contributed by atoms with Gasteiger partial charge in [-0.25, -0.2) is 9.59 Å². The number of benzene rings is 2. The van der Waals surface area contributed by atoms with Crippen molar-refractivity contribution in [3.05, 3.63) is 120 Å². The number of phenolic OH excluding ortho intramolecular Hbond substituents is 1. The lowest BCUT2D eigenvalue weighted by molar-refractivity contribution is -0.153. The van der Waals surface area contributed by atoms with Gasteiger partial charge in [-0.15, -0.1) is 0 Å². The Morgan fingerprint density at radius 1 is 0.741 bits per heavy atom. The minimum absolute atomic E-state index is 0.128. The molecule has 0 unspecified atom stereocenters. The summed E-state index contributed by atoms with van der Waals surface area (Å²) in [7, 11) is 0. The Morgan fingerprint density at radius 2 is 1.30 bits per heavy atom. The molecule has 0 radical (unpaired) electrons. The fourth-order valence-corrected chi connectivity index (χ4v) is 4.80. The average Bonchev–Trinajstić information content (AvgIpc) is 3.14. The van der Waals surface area contributed by atoms with Crippen molar-refractivity contribution in [1.29, 1.82) is 0 Å². The number of aliphatic carboxylic acids is 1. The van der Waals surface area contributed by atoms with Gasteiger partial charge in [0.25, 0.3) is 5.91 Å². The van der Waals surface area contributed by atoms with Gasteiger partial charge < -0.3 is 29.7 Å². The molecule has 0 aliphatic heterocycles. The monoisotopic (exact) mass is 743 g/mol. The first-order valence-corrected chi connectivity index (χ1v) is 18.2. The van der Waals surface area contributed by atoms with Crippen molar-refractivity contribution >= 4 is 29.8 Å². The Hall–Kier alpha value is -5.71. The highest BCUT2D eigenvalue weighted by Gasteiger charge is 2.40. The van der Waals surface area contributed by atoms with E-state index in [0.29, 0.717) is 12.8 Å². The van der Waals surface area contributed by atoms with Gasteiger partial charge >= 0.3 is 23.9 Å². The lowest BCUT2D eigenvalue weighted by Crippen LogP contribution is -2.49. The van der Waals surface area contributed by atoms with Crippen molar-refractivity contribution in [2.24, 2.45) is 5.41 Å². The molecule has 0 saturated carbocycles. The van der Waals surface area contributed by atoms with E-state index in [4.69, 9.17) is 19.3 Å². The van der Waals surface area contributed by atoms with Crippen LogP contribution in [0.25, 0.3) is 0 Å². The molecule has 0 heterocycles. The van der Waals surface area contributed by atoms with E-state index in [1.807, 2.05) is 12.2 Å². The van der Waals surface area contributed by atoms with Gasteiger partial charge in [0.1, 0.15) is 29.2 Å². The number of hydrogen-bond donors (Lipinski definition) is 3. The van der Waals surface area contributed by atoms with Crippen molar-refractivity contribution in [2.45, 2.75) is 84.7 Å². The number of rotatable bonds is 24. The number of amides is 1. The fraction of sp³-hybridized carbons (Fsp3) is 0.372. The molecular weight excluding hydrogens is 690 g/mol. The molecular formula is C43H53NO10. The van der Waals surface area contributed by atoms with Gasteiger partial charge in [-0.1, -0.05) is 106 Å². The van der Waals surface area contributed by atoms with Crippen LogP contribution in [-0.2, 0) is 23.9 Å². The molecule has 0 bridgehead atoms. The third kappa shape index (κ3) is 17.7. The SMILES string of the molecule is CC/C=C\C/C=C\C/C=C\C/C=C\C/C=C\CCCC(=O)OCC(C)(C)[C@@H](OC(=O)c1ccccc1OC(=O)c1ccccc1O)C(=O)NCCC(=O)O. The molecule has 0 spiro atoms. The maximum Gasteiger partial charge on any atom is 0.347 e. The predicted molar refractivity (Wildman–Crippen MR) is 207 cm³/mol. The third-order valence-corrected chi connectivity index (χ3v) is 7.76. The normalized spacial score (nSPS) is 12.5. The number of carbonyl (C=O) groups excluding carboxylic acids is 4. The zero-order valence-electron chi connectivity index (χ0n) is 31.4. The number of hydrogen-bond acceptors (Lipinski definition) is 9. The first kappa shape index (κ1) is 44.5. The topological polar surface area (TPSA) is 166 Å². The van der Waals surface area contributed by atoms with Crippen molar-refractivity contribution in [3.8, 4) is 11.5 Å². The lowest BCUT2D eigenvalue weighted by Gasteiger charge is -2.32. The van der Waals surface area contributed by atoms with Gasteiger partial charge in [0, 0.05) is 18.4 Å². The van der Waals surface area contributed by atoms with E-state index in [0.717, 1.165) is 32.1 Å². The first-order chi connectivity index (χ1) is 26.0. The molecule has 0 aliphatic rings. The number of aromatic hydroxyl groups is 1. The van der Waals surface area contributed by atoms with E-state index in [2.05, 4.69) is 60.8 Å². The summed E-state index contributed by atoms with van der Waals surface area (Å²) in [6.07, 6.45) is 25.2. The van der Waals surface area contributed by atoms with Crippen LogP contribution in [0.3, 0.4) is 0 Å². The van der Waals surface area contributed by atoms with Gasteiger partial charge in [-0.2, -0.15) is 0 Å². The minimum Gasteiger partial charge on any atom is -0.507 e. The summed E-state index contributed by atoms with van der Waals surface area (Å²) in [5.74, 6) is -4.87. The van der Waals surface area contributed by atoms with Gasteiger partial charge in [0.2, 0.25) is 0 Å². The molecule has 2 rings (SSSR count). The van der Waals surface area contributed by atoms with Crippen LogP contribution < -0.4 is 10.1 Å². The second-order valence-corrected chi connectivity index (χ2v) is 12.9. The van der Waals surface area contributed by atoms with Gasteiger partial charge in [0.05, 0.1) is 6.42 Å². The molecule has 11 nitrogen and oxygen atoms in total. The van der Waals surface area contributed by atoms with Crippen LogP contribution in [0.5, 0.6) is 11.5 Å². The Morgan fingerprint density at radius 3 is 1.89 bits per heavy atom. The molecule has 2 aromatic rings. The summed E-state index contributed by atoms with van der Waals surface area (Å²) in [6, 6.07) is 11.4. The number of phenols is 1. The van der Waals surface area contributed by atoms with E-state index in [1.54, 1.807) is 13.8 Å². The number of carbonyl (C=O) groups is 5. The average molecular weight is 744 g/mol. The third-order valence-electron chi connectivity index (χ3n) is 7.76. The summed E-state index contributed by atoms with van der Waals surface area (Å²) < 4.78 is 16.5. The highest BCUT2D eigenvalue weighted by atomic mass is 16.6. The standard InChI is InChI=1S/C43H53NO10/c1-4-5-6-7-8-9-10-11-12-13-14-15-16-17-18-19-20-29-38(48)52-32-43(2,3)39(40(49)44-31-30-37(46)47)54-42(51)34-26-22-24-28-36(34)53-41(50)33-25-21-23-27-35(33)45/h5-6,8-9,11-12,14-15,17-18,21-28,39,45H,4,7,10,13,16,19-20,29-32H2,1-3H3,(H,44,49)(H,46,47)/b6-5-,9-8-,12-11-,15-14-,18-17-/t39-/m0/s1. The number of nitrogens with one attached hydrogen (secondary N) is 1. The Kier molecular flexibility index (Phi) is 20.8. The largest absolute Gasteiger partial charge is 0.507 e. The second kappa shape index (κ2) is 25.3. The van der Waals surface area contributed by atoms with Crippen molar-refractivity contribution in [2.75, 3.05) is 13.2 Å². The highest BCUT2D eigenvalue weighted by Crippen LogP contribution is 2.29. The van der Waals surface area contributed by atoms with Crippen molar-refractivity contribution in [3.63, 3.8) is 0 Å². The lowest BCUT2D eigenvalue weighted by atomic mass is 9.86. The van der Waals surface area contributed by atoms with Crippen LogP contribution in [-0.4, -0.2) is 59.3 Å². The highest BCUT2D eigenvalue weighted by molar-refractivity contribution is 5.98. The molecule has 1 amide bonds. The van der Waals surface area contributed by atoms with Gasteiger partial charge in [-0.3, -0.25) is 14.4 Å². The zero-order chi connectivity index (χ0) is 39.6. The van der Waals surface area contributed by atoms with Gasteiger partial charge in [-0.05, 0) is 69.2 Å². The summed E-state index contributed by atoms with van der Waals surface area (Å²) in [4.78, 5) is 63.1. The molecule has 0 saturated heterocycles. The number of para-hydroxylation sites is 2. The number of carboxylic acids is 1. The maximum absolute atomic E-state index is 13.5. The minimum atomic E-state index is -1.53. The molecule has 0 aromatic heterocycles. The second-order valence-electron chi connectivity index (χ2n) is 12.9. The van der Waals surface area contributed by atoms with Crippen molar-refractivity contribution < 1.29 is 48.4 Å². The van der Waals surface area contributed by atoms with Crippen LogP contribution in [0.4, 0.5) is 0 Å². The van der Waals surface area contributed by atoms with Crippen LogP contribution in [0, 0.1) is 5.41 Å². The van der Waals surface area contributed by atoms with Crippen LogP contribution in [0.2, 0.25) is 0 Å². The van der Waals surface area contributed by atoms with Crippen LogP contribution in [0.15, 0.2) is 109 Å². The summed E-state index contributed by atoms with van der Waals surface area (Å²) in [5, 5.41) is 21.5. The molecule has 11 heteroatoms. The quantitative estimate of drug-likeness (QED) is 0.0413. The zero-order valence-corrected chi connectivity index (χ0v) is 31.4. The predicted octanol–water partition coefficient (Wildman–Crippen LogP) is 8.22. The molecule has 1 atom stereocenters. The van der Waals surface area contributed by atoms with E-state index >= 15 is 0 Å². The maximum atomic E-state index is 13.5. The number of ether oxygens (including phenoxy) is 3. The van der Waals surface area contributed by atoms with Crippen LogP contribution in [0.1, 0.15) is 99.3 Å². The smallest absolute Gasteiger partial charge is 0.347 e. The Bertz CT molecular complexity index is 1670. The summed E-state index contributed by atoms with van der Waals surface area (Å²) in [5.41, 5.74) is -1.58. The Labute approximate surface area is 318 Å². The number of unbranched alkanes of at least 4 members (excludes halogenated alkanes) is 1. The van der Waals surface area contributed by atoms with Gasteiger partial charge in [0.15, 0.2) is 6.10 Å². The van der Waals surface area contributed by atoms with E-state index in [1.165, 1.54) is 48.5 Å². The molecule has 54 heavy (non-hydrogen) atoms. The Balaban J connectivity index is 1.92. The van der Waals surface area contributed by atoms with Crippen molar-refractivity contribution in [1.82, 2.24) is 5.32 Å². The molecule has 2 aromatic carbocycles. The molecule has 3 N–H and O–H groups in total. The molecule has 290 valence electrons. The summed E-state index contributed by atoms with van der Waals surface area (Å²) >= 11 is 0. The first-order valence-electron chi connectivity index (χ1n) is 18.2. The number of carboxylic acid groups (broad SMARTS) is 1. The van der Waals surface area contributed by atoms with E-state index < -0.39 is 41.3 Å². The van der Waals surface area contributed by atoms with Crippen LogP contribution >= 0.6 is 0 Å². The fourth-order valence-electron chi connectivity index (χ4n) is 4.80.